The van der Waals surface area contributed by atoms with E-state index in [9.17, 15) is 39.5 Å². The molecule has 11 heteroatoms. The van der Waals surface area contributed by atoms with E-state index in [0.29, 0.717) is 25.9 Å². The van der Waals surface area contributed by atoms with Crippen LogP contribution in [0.5, 0.6) is 0 Å². The summed E-state index contributed by atoms with van der Waals surface area (Å²) < 4.78 is 122. The van der Waals surface area contributed by atoms with Crippen LogP contribution in [-0.2, 0) is 9.47 Å². The lowest BCUT2D eigenvalue weighted by atomic mass is 10.0. The lowest BCUT2D eigenvalue weighted by molar-refractivity contribution is -0.400. The minimum absolute atomic E-state index is 0.298. The third-order valence-electron chi connectivity index (χ3n) is 3.07. The van der Waals surface area contributed by atoms with E-state index in [1.54, 1.807) is 0 Å². The lowest BCUT2D eigenvalue weighted by Crippen LogP contribution is -2.62. The molecule has 1 rings (SSSR count). The van der Waals surface area contributed by atoms with Crippen LogP contribution >= 0.6 is 0 Å². The lowest BCUT2D eigenvalue weighted by Gasteiger charge is -2.33. The maximum absolute atomic E-state index is 13.1. The highest BCUT2D eigenvalue weighted by atomic mass is 19.4. The molecule has 1 unspecified atom stereocenters. The van der Waals surface area contributed by atoms with E-state index in [4.69, 9.17) is 4.74 Å². The highest BCUT2D eigenvalue weighted by molar-refractivity contribution is 5.00. The largest absolute Gasteiger partial charge is 0.460 e. The number of alkyl halides is 9. The Morgan fingerprint density at radius 2 is 1.45 bits per heavy atom. The van der Waals surface area contributed by atoms with Gasteiger partial charge in [0.25, 0.3) is 0 Å². The normalized spacial score (nSPS) is 22.0. The van der Waals surface area contributed by atoms with Gasteiger partial charge in [0.05, 0.1) is 12.7 Å². The first-order chi connectivity index (χ1) is 9.83. The molecule has 1 aliphatic rings. The maximum Gasteiger partial charge on any atom is 0.460 e. The number of hydrogen-bond donors (Lipinski definition) is 0. The first kappa shape index (κ1) is 19.3. The van der Waals surface area contributed by atoms with Gasteiger partial charge >= 0.3 is 23.9 Å². The number of ether oxygens (including phenoxy) is 2. The van der Waals surface area contributed by atoms with E-state index in [-0.39, 0.29) is 0 Å². The second-order valence-electron chi connectivity index (χ2n) is 4.85. The number of halogens is 9. The molecular weight excluding hydrogens is 335 g/mol. The molecule has 0 amide bonds. The van der Waals surface area contributed by atoms with Gasteiger partial charge in [0, 0.05) is 6.61 Å². The molecule has 0 aromatic carbocycles. The van der Waals surface area contributed by atoms with Gasteiger partial charge in [-0.1, -0.05) is 0 Å². The van der Waals surface area contributed by atoms with E-state index in [1.165, 1.54) is 0 Å². The Balaban J connectivity index is 2.66. The van der Waals surface area contributed by atoms with Gasteiger partial charge in [-0.2, -0.15) is 39.5 Å². The number of hydrogen-bond acceptors (Lipinski definition) is 2. The van der Waals surface area contributed by atoms with Crippen molar-refractivity contribution in [2.24, 2.45) is 0 Å². The van der Waals surface area contributed by atoms with Gasteiger partial charge in [-0.25, -0.2) is 0 Å². The molecule has 1 saturated heterocycles. The highest BCUT2D eigenvalue weighted by Gasteiger charge is 2.81. The molecule has 1 heterocycles. The molecule has 0 aromatic rings. The Hall–Kier alpha value is -0.710. The third-order valence-corrected chi connectivity index (χ3v) is 3.07. The predicted octanol–water partition coefficient (Wildman–Crippen LogP) is 4.04. The van der Waals surface area contributed by atoms with Crippen molar-refractivity contribution in [3.05, 3.63) is 0 Å². The van der Waals surface area contributed by atoms with Crippen molar-refractivity contribution < 1.29 is 49.0 Å². The fourth-order valence-corrected chi connectivity index (χ4v) is 1.76. The first-order valence-corrected chi connectivity index (χ1v) is 6.22. The summed E-state index contributed by atoms with van der Waals surface area (Å²) in [5.41, 5.74) is 0. The molecule has 132 valence electrons. The van der Waals surface area contributed by atoms with Gasteiger partial charge in [0.15, 0.2) is 0 Å². The van der Waals surface area contributed by atoms with Crippen molar-refractivity contribution in [3.63, 3.8) is 0 Å². The van der Waals surface area contributed by atoms with E-state index in [0.717, 1.165) is 0 Å². The minimum Gasteiger partial charge on any atom is -0.376 e. The van der Waals surface area contributed by atoms with Gasteiger partial charge in [0.1, 0.15) is 6.61 Å². The van der Waals surface area contributed by atoms with Crippen molar-refractivity contribution >= 4 is 0 Å². The summed E-state index contributed by atoms with van der Waals surface area (Å²) in [7, 11) is 0. The van der Waals surface area contributed by atoms with E-state index in [1.807, 2.05) is 0 Å². The van der Waals surface area contributed by atoms with Crippen molar-refractivity contribution in [1.29, 1.82) is 0 Å². The Morgan fingerprint density at radius 3 is 1.91 bits per heavy atom. The standard InChI is InChI=1S/C11H13F9O2/c12-8(13,6-21-5-7-3-1-2-4-22-7)9(14,15)10(16,17)11(18,19)20/h7H,1-6H2. The molecule has 0 aliphatic carbocycles. The molecule has 1 atom stereocenters. The summed E-state index contributed by atoms with van der Waals surface area (Å²) in [4.78, 5) is 0. The quantitative estimate of drug-likeness (QED) is 0.675. The Kier molecular flexibility index (Phi) is 5.64. The van der Waals surface area contributed by atoms with Gasteiger partial charge in [-0.05, 0) is 19.3 Å². The Morgan fingerprint density at radius 1 is 0.864 bits per heavy atom. The molecule has 0 N–H and O–H groups in total. The predicted molar refractivity (Wildman–Crippen MR) is 55.3 cm³/mol. The van der Waals surface area contributed by atoms with Gasteiger partial charge in [-0.3, -0.25) is 0 Å². The van der Waals surface area contributed by atoms with Gasteiger partial charge in [0.2, 0.25) is 0 Å². The second kappa shape index (κ2) is 6.42. The zero-order valence-corrected chi connectivity index (χ0v) is 11.0. The van der Waals surface area contributed by atoms with E-state index < -0.39 is 43.3 Å². The molecule has 0 radical (unpaired) electrons. The monoisotopic (exact) mass is 348 g/mol. The summed E-state index contributed by atoms with van der Waals surface area (Å²) in [6, 6.07) is 0. The summed E-state index contributed by atoms with van der Waals surface area (Å²) in [5, 5.41) is 0. The van der Waals surface area contributed by atoms with Crippen molar-refractivity contribution in [2.45, 2.75) is 49.3 Å². The average molecular weight is 348 g/mol. The maximum atomic E-state index is 13.1. The third kappa shape index (κ3) is 3.79. The molecule has 0 spiro atoms. The van der Waals surface area contributed by atoms with Crippen LogP contribution in [0, 0.1) is 0 Å². The van der Waals surface area contributed by atoms with Gasteiger partial charge < -0.3 is 9.47 Å². The van der Waals surface area contributed by atoms with Crippen LogP contribution in [0.25, 0.3) is 0 Å². The Bertz CT molecular complexity index is 361. The topological polar surface area (TPSA) is 18.5 Å². The zero-order valence-electron chi connectivity index (χ0n) is 11.0. The van der Waals surface area contributed by atoms with Crippen LogP contribution in [0.1, 0.15) is 19.3 Å². The average Bonchev–Trinajstić information content (AvgIpc) is 2.38. The van der Waals surface area contributed by atoms with Crippen molar-refractivity contribution in [2.75, 3.05) is 19.8 Å². The molecular formula is C11H13F9O2. The zero-order chi connectivity index (χ0) is 17.2. The van der Waals surface area contributed by atoms with Crippen LogP contribution in [-0.4, -0.2) is 49.9 Å². The fraction of sp³-hybridized carbons (Fsp3) is 1.00. The highest BCUT2D eigenvalue weighted by Crippen LogP contribution is 2.53. The van der Waals surface area contributed by atoms with Gasteiger partial charge in [-0.15, -0.1) is 0 Å². The van der Waals surface area contributed by atoms with Crippen molar-refractivity contribution in [1.82, 2.24) is 0 Å². The molecule has 2 nitrogen and oxygen atoms in total. The molecule has 1 aliphatic heterocycles. The van der Waals surface area contributed by atoms with Crippen LogP contribution in [0.4, 0.5) is 39.5 Å². The summed E-state index contributed by atoms with van der Waals surface area (Å²) >= 11 is 0. The SMILES string of the molecule is FC(F)(F)C(F)(F)C(F)(F)C(F)(F)COCC1CCCCO1. The van der Waals surface area contributed by atoms with Crippen LogP contribution in [0.3, 0.4) is 0 Å². The minimum atomic E-state index is -6.88. The van der Waals surface area contributed by atoms with Crippen LogP contribution in [0.15, 0.2) is 0 Å². The molecule has 0 aromatic heterocycles. The van der Waals surface area contributed by atoms with Crippen molar-refractivity contribution in [3.8, 4) is 0 Å². The first-order valence-electron chi connectivity index (χ1n) is 6.22. The van der Waals surface area contributed by atoms with Crippen LogP contribution < -0.4 is 0 Å². The molecule has 1 fully saturated rings. The summed E-state index contributed by atoms with van der Waals surface area (Å²) in [6.45, 7) is -2.57. The number of rotatable bonds is 6. The fourth-order valence-electron chi connectivity index (χ4n) is 1.76. The second-order valence-corrected chi connectivity index (χ2v) is 4.85. The summed E-state index contributed by atoms with van der Waals surface area (Å²) in [6.07, 6.45) is -5.72. The smallest absolute Gasteiger partial charge is 0.376 e. The Labute approximate surface area is 119 Å². The van der Waals surface area contributed by atoms with E-state index >= 15 is 0 Å². The molecule has 22 heavy (non-hydrogen) atoms. The summed E-state index contributed by atoms with van der Waals surface area (Å²) in [5.74, 6) is -19.2. The van der Waals surface area contributed by atoms with Crippen LogP contribution in [0.2, 0.25) is 0 Å². The molecule has 0 saturated carbocycles. The molecule has 0 bridgehead atoms. The van der Waals surface area contributed by atoms with E-state index in [2.05, 4.69) is 4.74 Å².